The fraction of sp³-hybridized carbons (Fsp3) is 0.895. The number of amides is 2. The van der Waals surface area contributed by atoms with Crippen LogP contribution in [0.15, 0.2) is 0 Å². The second-order valence-electron chi connectivity index (χ2n) is 6.82. The summed E-state index contributed by atoms with van der Waals surface area (Å²) in [5, 5.41) is 2.85. The van der Waals surface area contributed by atoms with Crippen LogP contribution >= 0.6 is 11.8 Å². The van der Waals surface area contributed by atoms with Crippen molar-refractivity contribution in [3.8, 4) is 0 Å². The van der Waals surface area contributed by atoms with E-state index in [0.29, 0.717) is 19.5 Å². The minimum atomic E-state index is -0.140. The number of unbranched alkanes of at least 4 members (excludes halogenated alkanes) is 3. The summed E-state index contributed by atoms with van der Waals surface area (Å²) < 4.78 is 0. The van der Waals surface area contributed by atoms with Gasteiger partial charge in [0, 0.05) is 19.5 Å². The molecule has 24 heavy (non-hydrogen) atoms. The van der Waals surface area contributed by atoms with E-state index in [4.69, 9.17) is 0 Å². The lowest BCUT2D eigenvalue weighted by molar-refractivity contribution is -0.138. The van der Waals surface area contributed by atoms with Gasteiger partial charge in [0.05, 0.1) is 5.25 Å². The van der Waals surface area contributed by atoms with E-state index in [1.165, 1.54) is 49.8 Å². The molecule has 1 heterocycles. The third-order valence-corrected chi connectivity index (χ3v) is 6.20. The van der Waals surface area contributed by atoms with E-state index in [2.05, 4.69) is 19.2 Å². The van der Waals surface area contributed by atoms with E-state index in [-0.39, 0.29) is 17.1 Å². The SMILES string of the molecule is CCCCCCC(CC)CCCSC1CC(=O)N(CCNC)C1=O. The van der Waals surface area contributed by atoms with Crippen LogP contribution in [-0.4, -0.2) is 47.9 Å². The van der Waals surface area contributed by atoms with Gasteiger partial charge in [-0.2, -0.15) is 0 Å². The highest BCUT2D eigenvalue weighted by molar-refractivity contribution is 8.00. The van der Waals surface area contributed by atoms with E-state index >= 15 is 0 Å². The Hall–Kier alpha value is -0.550. The molecule has 0 bridgehead atoms. The van der Waals surface area contributed by atoms with Crippen molar-refractivity contribution in [2.75, 3.05) is 25.9 Å². The Balaban J connectivity index is 2.19. The standard InChI is InChI=1S/C19H36N2O2S/c1-4-6-7-8-10-16(5-2)11-9-14-24-17-15-18(22)21(19(17)23)13-12-20-3/h16-17,20H,4-15H2,1-3H3. The number of likely N-dealkylation sites (N-methyl/N-ethyl adjacent to an activating group) is 1. The van der Waals surface area contributed by atoms with Gasteiger partial charge in [0.25, 0.3) is 0 Å². The molecule has 0 aliphatic carbocycles. The number of hydrogen-bond acceptors (Lipinski definition) is 4. The first-order valence-electron chi connectivity index (χ1n) is 9.74. The van der Waals surface area contributed by atoms with Crippen molar-refractivity contribution >= 4 is 23.6 Å². The zero-order valence-electron chi connectivity index (χ0n) is 15.8. The molecular weight excluding hydrogens is 320 g/mol. The van der Waals surface area contributed by atoms with Crippen molar-refractivity contribution in [3.63, 3.8) is 0 Å². The maximum absolute atomic E-state index is 12.3. The summed E-state index contributed by atoms with van der Waals surface area (Å²) in [6.07, 6.45) is 10.8. The van der Waals surface area contributed by atoms with E-state index in [1.807, 2.05) is 7.05 Å². The number of rotatable bonds is 14. The van der Waals surface area contributed by atoms with Gasteiger partial charge in [-0.25, -0.2) is 0 Å². The summed E-state index contributed by atoms with van der Waals surface area (Å²) in [5.41, 5.74) is 0. The molecule has 0 aromatic carbocycles. The highest BCUT2D eigenvalue weighted by atomic mass is 32.2. The summed E-state index contributed by atoms with van der Waals surface area (Å²) in [4.78, 5) is 25.6. The Morgan fingerprint density at radius 2 is 1.92 bits per heavy atom. The number of carbonyl (C=O) groups is 2. The second-order valence-corrected chi connectivity index (χ2v) is 8.13. The van der Waals surface area contributed by atoms with E-state index < -0.39 is 0 Å². The molecule has 0 aromatic heterocycles. The molecule has 5 heteroatoms. The Labute approximate surface area is 152 Å². The van der Waals surface area contributed by atoms with Crippen LogP contribution in [0.1, 0.15) is 71.6 Å². The molecule has 2 amide bonds. The third-order valence-electron chi connectivity index (χ3n) is 4.91. The highest BCUT2D eigenvalue weighted by Crippen LogP contribution is 2.27. The van der Waals surface area contributed by atoms with Crippen LogP contribution in [0.25, 0.3) is 0 Å². The van der Waals surface area contributed by atoms with Crippen molar-refractivity contribution in [3.05, 3.63) is 0 Å². The lowest BCUT2D eigenvalue weighted by Crippen LogP contribution is -2.36. The molecule has 1 saturated heterocycles. The molecular formula is C19H36N2O2S. The van der Waals surface area contributed by atoms with Gasteiger partial charge in [-0.1, -0.05) is 52.4 Å². The van der Waals surface area contributed by atoms with Crippen LogP contribution in [0.5, 0.6) is 0 Å². The molecule has 1 rings (SSSR count). The number of nitrogens with one attached hydrogen (secondary N) is 1. The van der Waals surface area contributed by atoms with Gasteiger partial charge in [-0.3, -0.25) is 14.5 Å². The number of thioether (sulfide) groups is 1. The van der Waals surface area contributed by atoms with Crippen molar-refractivity contribution in [2.24, 2.45) is 5.92 Å². The number of carbonyl (C=O) groups excluding carboxylic acids is 2. The zero-order chi connectivity index (χ0) is 17.8. The molecule has 2 atom stereocenters. The van der Waals surface area contributed by atoms with Crippen LogP contribution in [0, 0.1) is 5.92 Å². The monoisotopic (exact) mass is 356 g/mol. The lowest BCUT2D eigenvalue weighted by atomic mass is 9.94. The van der Waals surface area contributed by atoms with E-state index in [0.717, 1.165) is 18.1 Å². The van der Waals surface area contributed by atoms with Crippen molar-refractivity contribution in [1.29, 1.82) is 0 Å². The fourth-order valence-electron chi connectivity index (χ4n) is 3.25. The summed E-state index contributed by atoms with van der Waals surface area (Å²) in [6.45, 7) is 5.71. The first-order chi connectivity index (χ1) is 11.6. The molecule has 1 aliphatic rings. The molecule has 0 radical (unpaired) electrons. The maximum Gasteiger partial charge on any atom is 0.242 e. The van der Waals surface area contributed by atoms with Gasteiger partial charge >= 0.3 is 0 Å². The number of likely N-dealkylation sites (tertiary alicyclic amines) is 1. The first-order valence-corrected chi connectivity index (χ1v) is 10.8. The van der Waals surface area contributed by atoms with Crippen molar-refractivity contribution in [2.45, 2.75) is 76.9 Å². The predicted molar refractivity (Wildman–Crippen MR) is 103 cm³/mol. The largest absolute Gasteiger partial charge is 0.318 e. The molecule has 4 nitrogen and oxygen atoms in total. The minimum absolute atomic E-state index is 0.00453. The predicted octanol–water partition coefficient (Wildman–Crippen LogP) is 3.84. The quantitative estimate of drug-likeness (QED) is 0.379. The minimum Gasteiger partial charge on any atom is -0.318 e. The molecule has 1 aliphatic heterocycles. The Bertz CT molecular complexity index is 376. The summed E-state index contributed by atoms with van der Waals surface area (Å²) in [7, 11) is 1.84. The Morgan fingerprint density at radius 1 is 1.17 bits per heavy atom. The van der Waals surface area contributed by atoms with Crippen LogP contribution in [0.3, 0.4) is 0 Å². The second kappa shape index (κ2) is 12.8. The Morgan fingerprint density at radius 3 is 2.58 bits per heavy atom. The van der Waals surface area contributed by atoms with Crippen molar-refractivity contribution in [1.82, 2.24) is 10.2 Å². The van der Waals surface area contributed by atoms with Gasteiger partial charge in [0.15, 0.2) is 0 Å². The molecule has 1 N–H and O–H groups in total. The normalized spacial score (nSPS) is 19.3. The molecule has 140 valence electrons. The molecule has 1 fully saturated rings. The van der Waals surface area contributed by atoms with Crippen molar-refractivity contribution < 1.29 is 9.59 Å². The van der Waals surface area contributed by atoms with Gasteiger partial charge < -0.3 is 5.32 Å². The average Bonchev–Trinajstić information content (AvgIpc) is 2.85. The molecule has 0 saturated carbocycles. The fourth-order valence-corrected chi connectivity index (χ4v) is 4.40. The lowest BCUT2D eigenvalue weighted by Gasteiger charge is -2.16. The highest BCUT2D eigenvalue weighted by Gasteiger charge is 2.38. The average molecular weight is 357 g/mol. The summed E-state index contributed by atoms with van der Waals surface area (Å²) in [5.74, 6) is 1.84. The van der Waals surface area contributed by atoms with Gasteiger partial charge in [0.1, 0.15) is 0 Å². The molecule has 2 unspecified atom stereocenters. The third kappa shape index (κ3) is 7.56. The summed E-state index contributed by atoms with van der Waals surface area (Å²) >= 11 is 1.69. The first kappa shape index (κ1) is 21.5. The summed E-state index contributed by atoms with van der Waals surface area (Å²) in [6, 6.07) is 0. The van der Waals surface area contributed by atoms with Crippen LogP contribution in [0.2, 0.25) is 0 Å². The van der Waals surface area contributed by atoms with E-state index in [1.54, 1.807) is 11.8 Å². The van der Waals surface area contributed by atoms with Gasteiger partial charge in [0.2, 0.25) is 11.8 Å². The number of nitrogens with zero attached hydrogens (tertiary/aromatic N) is 1. The number of imide groups is 1. The maximum atomic E-state index is 12.3. The van der Waals surface area contributed by atoms with Gasteiger partial charge in [-0.15, -0.1) is 11.8 Å². The zero-order valence-corrected chi connectivity index (χ0v) is 16.6. The molecule has 0 aromatic rings. The van der Waals surface area contributed by atoms with Crippen LogP contribution in [-0.2, 0) is 9.59 Å². The Kier molecular flexibility index (Phi) is 11.4. The van der Waals surface area contributed by atoms with E-state index in [9.17, 15) is 9.59 Å². The smallest absolute Gasteiger partial charge is 0.242 e. The van der Waals surface area contributed by atoms with Crippen LogP contribution in [0.4, 0.5) is 0 Å². The van der Waals surface area contributed by atoms with Crippen LogP contribution < -0.4 is 5.32 Å². The molecule has 0 spiro atoms. The topological polar surface area (TPSA) is 49.4 Å². The number of hydrogen-bond donors (Lipinski definition) is 1. The van der Waals surface area contributed by atoms with Gasteiger partial charge in [-0.05, 0) is 31.6 Å².